The van der Waals surface area contributed by atoms with E-state index < -0.39 is 0 Å². The van der Waals surface area contributed by atoms with Gasteiger partial charge in [0.25, 0.3) is 5.91 Å². The molecule has 0 aliphatic carbocycles. The van der Waals surface area contributed by atoms with E-state index in [4.69, 9.17) is 4.74 Å². The van der Waals surface area contributed by atoms with Crippen LogP contribution in [0.1, 0.15) is 22.3 Å². The molecule has 3 heterocycles. The van der Waals surface area contributed by atoms with Crippen LogP contribution in [0.5, 0.6) is 5.88 Å². The lowest BCUT2D eigenvalue weighted by molar-refractivity contribution is 0.0721. The summed E-state index contributed by atoms with van der Waals surface area (Å²) in [7, 11) is 0. The Labute approximate surface area is 148 Å². The molecular weight excluding hydrogens is 314 g/mol. The quantitative estimate of drug-likeness (QED) is 0.839. The molecule has 1 amide bonds. The third-order valence-corrected chi connectivity index (χ3v) is 5.03. The molecule has 130 valence electrons. The van der Waals surface area contributed by atoms with Gasteiger partial charge < -0.3 is 9.64 Å². The van der Waals surface area contributed by atoms with Crippen LogP contribution < -0.4 is 4.74 Å². The van der Waals surface area contributed by atoms with Crippen LogP contribution in [0.15, 0.2) is 48.7 Å². The van der Waals surface area contributed by atoms with Crippen LogP contribution in [0.3, 0.4) is 0 Å². The number of nitrogens with zero attached hydrogens (tertiary/aromatic N) is 3. The van der Waals surface area contributed by atoms with Gasteiger partial charge in [0.05, 0.1) is 0 Å². The van der Waals surface area contributed by atoms with Gasteiger partial charge in [-0.1, -0.05) is 24.3 Å². The van der Waals surface area contributed by atoms with Crippen LogP contribution >= 0.6 is 0 Å². The van der Waals surface area contributed by atoms with Gasteiger partial charge in [0.1, 0.15) is 6.10 Å². The zero-order chi connectivity index (χ0) is 17.1. The molecule has 1 aromatic carbocycles. The van der Waals surface area contributed by atoms with Crippen LogP contribution in [0, 0.1) is 0 Å². The Bertz CT molecular complexity index is 735. The molecular formula is C20H23N3O2. The minimum atomic E-state index is 0.169. The summed E-state index contributed by atoms with van der Waals surface area (Å²) in [5.41, 5.74) is 2.04. The van der Waals surface area contributed by atoms with Crippen molar-refractivity contribution in [3.05, 3.63) is 59.8 Å². The number of fused-ring (bicyclic) bond motifs is 1. The number of aromatic nitrogens is 1. The molecule has 0 saturated carbocycles. The summed E-state index contributed by atoms with van der Waals surface area (Å²) in [6.45, 7) is 4.41. The van der Waals surface area contributed by atoms with Gasteiger partial charge in [-0.15, -0.1) is 0 Å². The van der Waals surface area contributed by atoms with Crippen molar-refractivity contribution in [3.8, 4) is 5.88 Å². The predicted molar refractivity (Wildman–Crippen MR) is 95.8 cm³/mol. The molecule has 1 fully saturated rings. The van der Waals surface area contributed by atoms with Gasteiger partial charge in [0.15, 0.2) is 0 Å². The lowest BCUT2D eigenvalue weighted by Gasteiger charge is -2.30. The molecule has 2 aliphatic heterocycles. The summed E-state index contributed by atoms with van der Waals surface area (Å²) < 4.78 is 5.93. The summed E-state index contributed by atoms with van der Waals surface area (Å²) in [5, 5.41) is 0. The molecule has 0 spiro atoms. The Balaban J connectivity index is 1.28. The lowest BCUT2D eigenvalue weighted by Crippen LogP contribution is -2.42. The van der Waals surface area contributed by atoms with Crippen molar-refractivity contribution in [3.63, 3.8) is 0 Å². The van der Waals surface area contributed by atoms with Gasteiger partial charge in [-0.2, -0.15) is 0 Å². The monoisotopic (exact) mass is 337 g/mol. The second kappa shape index (κ2) is 7.23. The number of carbonyl (C=O) groups is 1. The minimum Gasteiger partial charge on any atom is -0.473 e. The number of amides is 1. The maximum Gasteiger partial charge on any atom is 0.254 e. The van der Waals surface area contributed by atoms with E-state index in [1.54, 1.807) is 6.20 Å². The third kappa shape index (κ3) is 3.66. The highest BCUT2D eigenvalue weighted by atomic mass is 16.5. The molecule has 5 nitrogen and oxygen atoms in total. The van der Waals surface area contributed by atoms with Crippen LogP contribution in [0.4, 0.5) is 0 Å². The molecule has 1 saturated heterocycles. The largest absolute Gasteiger partial charge is 0.473 e. The fraction of sp³-hybridized carbons (Fsp3) is 0.400. The second-order valence-corrected chi connectivity index (χ2v) is 6.70. The lowest BCUT2D eigenvalue weighted by atomic mass is 9.99. The van der Waals surface area contributed by atoms with E-state index in [2.05, 4.69) is 16.0 Å². The average Bonchev–Trinajstić information content (AvgIpc) is 3.10. The summed E-state index contributed by atoms with van der Waals surface area (Å²) >= 11 is 0. The normalized spacial score (nSPS) is 20.6. The Morgan fingerprint density at radius 2 is 1.96 bits per heavy atom. The Morgan fingerprint density at radius 1 is 1.08 bits per heavy atom. The van der Waals surface area contributed by atoms with Gasteiger partial charge in [-0.05, 0) is 30.5 Å². The number of hydrogen-bond acceptors (Lipinski definition) is 4. The van der Waals surface area contributed by atoms with Crippen molar-refractivity contribution in [1.82, 2.24) is 14.8 Å². The summed E-state index contributed by atoms with van der Waals surface area (Å²) in [4.78, 5) is 21.2. The van der Waals surface area contributed by atoms with Crippen molar-refractivity contribution >= 4 is 5.91 Å². The van der Waals surface area contributed by atoms with E-state index in [0.717, 1.165) is 51.1 Å². The van der Waals surface area contributed by atoms with Crippen LogP contribution in [-0.4, -0.2) is 59.5 Å². The highest BCUT2D eigenvalue weighted by Gasteiger charge is 2.27. The topological polar surface area (TPSA) is 45.7 Å². The van der Waals surface area contributed by atoms with Crippen molar-refractivity contribution < 1.29 is 9.53 Å². The number of hydrogen-bond donors (Lipinski definition) is 0. The number of carbonyl (C=O) groups excluding carboxylic acids is 1. The van der Waals surface area contributed by atoms with Gasteiger partial charge in [-0.25, -0.2) is 4.98 Å². The fourth-order valence-corrected chi connectivity index (χ4v) is 3.63. The minimum absolute atomic E-state index is 0.169. The van der Waals surface area contributed by atoms with E-state index in [-0.39, 0.29) is 12.0 Å². The van der Waals surface area contributed by atoms with Crippen LogP contribution in [-0.2, 0) is 6.42 Å². The molecule has 5 heteroatoms. The zero-order valence-electron chi connectivity index (χ0n) is 14.3. The highest BCUT2D eigenvalue weighted by Crippen LogP contribution is 2.19. The van der Waals surface area contributed by atoms with Crippen LogP contribution in [0.25, 0.3) is 0 Å². The number of ether oxygens (including phenoxy) is 1. The first-order valence-electron chi connectivity index (χ1n) is 8.97. The van der Waals surface area contributed by atoms with Crippen molar-refractivity contribution in [2.45, 2.75) is 18.9 Å². The number of pyridine rings is 1. The standard InChI is InChI=1S/C20H23N3O2/c24-20-18-6-2-1-5-16(18)8-12-23(20)14-13-22-11-9-17(15-22)25-19-7-3-4-10-21-19/h1-7,10,17H,8-9,11-15H2/t17-/m1/s1. The molecule has 0 bridgehead atoms. The van der Waals surface area contributed by atoms with E-state index in [9.17, 15) is 4.79 Å². The molecule has 25 heavy (non-hydrogen) atoms. The molecule has 0 N–H and O–H groups in total. The fourth-order valence-electron chi connectivity index (χ4n) is 3.63. The molecule has 0 radical (unpaired) electrons. The highest BCUT2D eigenvalue weighted by molar-refractivity contribution is 5.96. The zero-order valence-corrected chi connectivity index (χ0v) is 14.3. The maximum atomic E-state index is 12.6. The molecule has 2 aromatic rings. The van der Waals surface area contributed by atoms with Gasteiger partial charge in [0.2, 0.25) is 5.88 Å². The van der Waals surface area contributed by atoms with E-state index in [1.165, 1.54) is 5.56 Å². The maximum absolute atomic E-state index is 12.6. The van der Waals surface area contributed by atoms with Gasteiger partial charge >= 0.3 is 0 Å². The number of benzene rings is 1. The third-order valence-electron chi connectivity index (χ3n) is 5.03. The predicted octanol–water partition coefficient (Wildman–Crippen LogP) is 2.23. The summed E-state index contributed by atoms with van der Waals surface area (Å²) in [6.07, 6.45) is 3.90. The van der Waals surface area contributed by atoms with Crippen molar-refractivity contribution in [2.24, 2.45) is 0 Å². The SMILES string of the molecule is O=C1c2ccccc2CCN1CCN1CC[C@@H](Oc2ccccn2)C1. The molecule has 0 unspecified atom stereocenters. The summed E-state index contributed by atoms with van der Waals surface area (Å²) in [5.74, 6) is 0.861. The number of likely N-dealkylation sites (tertiary alicyclic amines) is 1. The summed E-state index contributed by atoms with van der Waals surface area (Å²) in [6, 6.07) is 13.7. The first-order valence-corrected chi connectivity index (χ1v) is 8.97. The second-order valence-electron chi connectivity index (χ2n) is 6.70. The molecule has 1 atom stereocenters. The van der Waals surface area contributed by atoms with E-state index in [0.29, 0.717) is 5.88 Å². The molecule has 1 aromatic heterocycles. The van der Waals surface area contributed by atoms with E-state index in [1.807, 2.05) is 41.3 Å². The van der Waals surface area contributed by atoms with Crippen LogP contribution in [0.2, 0.25) is 0 Å². The average molecular weight is 337 g/mol. The Morgan fingerprint density at radius 3 is 2.84 bits per heavy atom. The molecule has 2 aliphatic rings. The Kier molecular flexibility index (Phi) is 4.65. The first-order chi connectivity index (χ1) is 12.3. The van der Waals surface area contributed by atoms with Gasteiger partial charge in [0, 0.05) is 50.6 Å². The first kappa shape index (κ1) is 16.1. The van der Waals surface area contributed by atoms with Crippen molar-refractivity contribution in [2.75, 3.05) is 32.7 Å². The van der Waals surface area contributed by atoms with Crippen molar-refractivity contribution in [1.29, 1.82) is 0 Å². The van der Waals surface area contributed by atoms with E-state index >= 15 is 0 Å². The smallest absolute Gasteiger partial charge is 0.254 e. The molecule has 4 rings (SSSR count). The van der Waals surface area contributed by atoms with Gasteiger partial charge in [-0.3, -0.25) is 9.69 Å². The Hall–Kier alpha value is -2.40. The number of rotatable bonds is 5.